The van der Waals surface area contributed by atoms with Crippen molar-refractivity contribution in [1.29, 1.82) is 5.41 Å². The number of methoxy groups -OCH3 is 2. The van der Waals surface area contributed by atoms with E-state index >= 15 is 0 Å². The summed E-state index contributed by atoms with van der Waals surface area (Å²) in [5, 5.41) is 22.9. The van der Waals surface area contributed by atoms with Crippen LogP contribution in [0.2, 0.25) is 0 Å². The average molecular weight is 661 g/mol. The van der Waals surface area contributed by atoms with Gasteiger partial charge in [0.2, 0.25) is 0 Å². The summed E-state index contributed by atoms with van der Waals surface area (Å²) in [6.45, 7) is 0. The first kappa shape index (κ1) is 32.1. The molecule has 1 fully saturated rings. The molecule has 10 heteroatoms. The van der Waals surface area contributed by atoms with Crippen molar-refractivity contribution < 1.29 is 28.9 Å². The SMILES string of the molecule is COc1cc(C2Nc3ccc(C(=N)N)cc3C3c4ccccc4CC23)c(-c2ccc(C(=O)OC3(C(N)=O)CCCCC3)cc2OC)cc1O. The maximum atomic E-state index is 13.4. The molecule has 4 aromatic rings. The van der Waals surface area contributed by atoms with Crippen molar-refractivity contribution in [3.8, 4) is 28.4 Å². The number of ether oxygens (including phenoxy) is 3. The summed E-state index contributed by atoms with van der Waals surface area (Å²) < 4.78 is 17.3. The Bertz CT molecular complexity index is 1980. The van der Waals surface area contributed by atoms with E-state index in [9.17, 15) is 14.7 Å². The molecule has 3 atom stereocenters. The molecule has 3 aliphatic rings. The highest BCUT2D eigenvalue weighted by Crippen LogP contribution is 2.56. The molecule has 1 heterocycles. The minimum absolute atomic E-state index is 0.0151. The number of phenolic OH excluding ortho intramolecular Hbond substituents is 1. The Morgan fingerprint density at radius 3 is 2.29 bits per heavy atom. The molecular formula is C39H40N4O6. The van der Waals surface area contributed by atoms with E-state index in [1.165, 1.54) is 25.3 Å². The highest BCUT2D eigenvalue weighted by molar-refractivity contribution is 5.96. The maximum Gasteiger partial charge on any atom is 0.339 e. The zero-order valence-corrected chi connectivity index (χ0v) is 27.5. The maximum absolute atomic E-state index is 13.4. The number of amidine groups is 1. The van der Waals surface area contributed by atoms with Crippen LogP contribution >= 0.6 is 0 Å². The Morgan fingerprint density at radius 1 is 0.837 bits per heavy atom. The van der Waals surface area contributed by atoms with Gasteiger partial charge in [-0.1, -0.05) is 30.7 Å². The fourth-order valence-electron chi connectivity index (χ4n) is 8.07. The number of rotatable bonds is 8. The van der Waals surface area contributed by atoms with Crippen molar-refractivity contribution in [1.82, 2.24) is 0 Å². The first-order chi connectivity index (χ1) is 23.6. The third kappa shape index (κ3) is 5.50. The molecule has 2 aliphatic carbocycles. The normalized spacial score (nSPS) is 20.2. The molecule has 1 amide bonds. The first-order valence-electron chi connectivity index (χ1n) is 16.6. The van der Waals surface area contributed by atoms with Gasteiger partial charge in [0.25, 0.3) is 5.91 Å². The van der Waals surface area contributed by atoms with Crippen LogP contribution in [0.25, 0.3) is 11.1 Å². The number of anilines is 1. The molecule has 0 aromatic heterocycles. The molecule has 4 aromatic carbocycles. The lowest BCUT2D eigenvalue weighted by molar-refractivity contribution is -0.140. The number of nitrogens with two attached hydrogens (primary N) is 2. The summed E-state index contributed by atoms with van der Waals surface area (Å²) in [5.74, 6) is -0.484. The van der Waals surface area contributed by atoms with Crippen LogP contribution < -0.4 is 26.3 Å². The third-order valence-electron chi connectivity index (χ3n) is 10.5. The molecule has 3 unspecified atom stereocenters. The molecule has 1 saturated carbocycles. The minimum Gasteiger partial charge on any atom is -0.504 e. The van der Waals surface area contributed by atoms with Crippen LogP contribution in [-0.4, -0.2) is 42.6 Å². The smallest absolute Gasteiger partial charge is 0.339 e. The second kappa shape index (κ2) is 12.5. The number of esters is 1. The Morgan fingerprint density at radius 2 is 1.57 bits per heavy atom. The van der Waals surface area contributed by atoms with Crippen molar-refractivity contribution in [3.63, 3.8) is 0 Å². The van der Waals surface area contributed by atoms with Gasteiger partial charge in [0.15, 0.2) is 17.1 Å². The number of aromatic hydroxyl groups is 1. The van der Waals surface area contributed by atoms with E-state index in [1.807, 2.05) is 24.3 Å². The number of primary amides is 1. The lowest BCUT2D eigenvalue weighted by Crippen LogP contribution is -2.49. The third-order valence-corrected chi connectivity index (χ3v) is 10.5. The Hall–Kier alpha value is -5.51. The van der Waals surface area contributed by atoms with E-state index in [0.29, 0.717) is 41.0 Å². The van der Waals surface area contributed by atoms with Crippen LogP contribution in [0, 0.1) is 11.3 Å². The number of nitrogen functional groups attached to an aromatic ring is 1. The summed E-state index contributed by atoms with van der Waals surface area (Å²) >= 11 is 0. The first-order valence-corrected chi connectivity index (χ1v) is 16.6. The van der Waals surface area contributed by atoms with E-state index < -0.39 is 17.5 Å². The quantitative estimate of drug-likeness (QED) is 0.0848. The van der Waals surface area contributed by atoms with Gasteiger partial charge in [-0.2, -0.15) is 0 Å². The van der Waals surface area contributed by atoms with Crippen LogP contribution in [0.3, 0.4) is 0 Å². The van der Waals surface area contributed by atoms with Gasteiger partial charge < -0.3 is 36.1 Å². The highest BCUT2D eigenvalue weighted by Gasteiger charge is 2.45. The van der Waals surface area contributed by atoms with Gasteiger partial charge >= 0.3 is 5.97 Å². The van der Waals surface area contributed by atoms with E-state index in [2.05, 4.69) is 29.6 Å². The predicted molar refractivity (Wildman–Crippen MR) is 186 cm³/mol. The summed E-state index contributed by atoms with van der Waals surface area (Å²) in [6, 6.07) is 22.6. The van der Waals surface area contributed by atoms with Crippen LogP contribution in [-0.2, 0) is 16.0 Å². The number of phenols is 1. The number of amides is 1. The van der Waals surface area contributed by atoms with Crippen LogP contribution in [0.1, 0.15) is 82.2 Å². The van der Waals surface area contributed by atoms with Gasteiger partial charge in [-0.25, -0.2) is 4.79 Å². The molecule has 1 aliphatic heterocycles. The Balaban J connectivity index is 1.33. The van der Waals surface area contributed by atoms with E-state index in [1.54, 1.807) is 24.3 Å². The fourth-order valence-corrected chi connectivity index (χ4v) is 8.07. The van der Waals surface area contributed by atoms with Gasteiger partial charge in [0.05, 0.1) is 25.8 Å². The number of carbonyl (C=O) groups excluding carboxylic acids is 2. The van der Waals surface area contributed by atoms with Gasteiger partial charge in [-0.15, -0.1) is 0 Å². The topological polar surface area (TPSA) is 170 Å². The second-order valence-electron chi connectivity index (χ2n) is 13.2. The van der Waals surface area contributed by atoms with Crippen molar-refractivity contribution in [3.05, 3.63) is 106 Å². The lowest BCUT2D eigenvalue weighted by atomic mass is 9.74. The molecular weight excluding hydrogens is 620 g/mol. The van der Waals surface area contributed by atoms with Crippen LogP contribution in [0.5, 0.6) is 17.2 Å². The van der Waals surface area contributed by atoms with Gasteiger partial charge in [0, 0.05) is 22.7 Å². The Kier molecular flexibility index (Phi) is 8.18. The van der Waals surface area contributed by atoms with Crippen molar-refractivity contribution in [2.24, 2.45) is 17.4 Å². The number of hydrogen-bond donors (Lipinski definition) is 5. The molecule has 49 heavy (non-hydrogen) atoms. The zero-order chi connectivity index (χ0) is 34.4. The van der Waals surface area contributed by atoms with Crippen LogP contribution in [0.15, 0.2) is 72.8 Å². The number of hydrogen-bond acceptors (Lipinski definition) is 8. The van der Waals surface area contributed by atoms with Crippen molar-refractivity contribution in [2.75, 3.05) is 19.5 Å². The summed E-state index contributed by atoms with van der Waals surface area (Å²) in [4.78, 5) is 25.9. The summed E-state index contributed by atoms with van der Waals surface area (Å²) in [6.07, 6.45) is 4.07. The van der Waals surface area contributed by atoms with Gasteiger partial charge in [-0.05, 0) is 114 Å². The number of benzene rings is 4. The number of fused-ring (bicyclic) bond motifs is 5. The molecule has 0 bridgehead atoms. The zero-order valence-electron chi connectivity index (χ0n) is 27.5. The van der Waals surface area contributed by atoms with Crippen LogP contribution in [0.4, 0.5) is 5.69 Å². The molecule has 0 saturated heterocycles. The number of carbonyl (C=O) groups is 2. The molecule has 0 radical (unpaired) electrons. The molecule has 252 valence electrons. The molecule has 7 rings (SSSR count). The second-order valence-corrected chi connectivity index (χ2v) is 13.2. The van der Waals surface area contributed by atoms with E-state index in [4.69, 9.17) is 31.1 Å². The monoisotopic (exact) mass is 660 g/mol. The Labute approximate surface area is 284 Å². The van der Waals surface area contributed by atoms with Gasteiger partial charge in [0.1, 0.15) is 11.6 Å². The minimum atomic E-state index is -1.32. The lowest BCUT2D eigenvalue weighted by Gasteiger charge is -2.39. The summed E-state index contributed by atoms with van der Waals surface area (Å²) in [7, 11) is 3.04. The molecule has 10 nitrogen and oxygen atoms in total. The average Bonchev–Trinajstić information content (AvgIpc) is 3.51. The standard InChI is InChI=1S/C39H40N4O6/c1-47-32-18-23(37(45)49-39(38(42)46)14-6-3-7-15-39)10-12-25(32)26-19-31(44)33(48-2)20-27(26)35-29-16-21-8-4-5-9-24(21)34(29)28-17-22(36(40)41)11-13-30(28)43-35/h4-5,8-13,17-20,29,34-35,43-44H,3,6-7,14-16H2,1-2H3,(H3,40,41)(H2,42,46). The fraction of sp³-hybridized carbons (Fsp3) is 0.308. The van der Waals surface area contributed by atoms with E-state index in [-0.39, 0.29) is 35.0 Å². The van der Waals surface area contributed by atoms with Gasteiger partial charge in [-0.3, -0.25) is 10.2 Å². The largest absolute Gasteiger partial charge is 0.504 e. The van der Waals surface area contributed by atoms with Crippen molar-refractivity contribution >= 4 is 23.4 Å². The van der Waals surface area contributed by atoms with E-state index in [0.717, 1.165) is 42.5 Å². The van der Waals surface area contributed by atoms with Crippen molar-refractivity contribution in [2.45, 2.75) is 56.1 Å². The summed E-state index contributed by atoms with van der Waals surface area (Å²) in [5.41, 5.74) is 18.0. The highest BCUT2D eigenvalue weighted by atomic mass is 16.6. The molecule has 7 N–H and O–H groups in total. The predicted octanol–water partition coefficient (Wildman–Crippen LogP) is 6.18. The number of nitrogens with one attached hydrogen (secondary N) is 2. The molecule has 0 spiro atoms.